The summed E-state index contributed by atoms with van der Waals surface area (Å²) >= 11 is 0. The van der Waals surface area contributed by atoms with Crippen molar-refractivity contribution in [2.45, 2.75) is 19.4 Å². The molecule has 1 unspecified atom stereocenters. The number of carbonyl (C=O) groups is 1. The Morgan fingerprint density at radius 3 is 2.27 bits per heavy atom. The quantitative estimate of drug-likeness (QED) is 0.862. The molecule has 1 atom stereocenters. The smallest absolute Gasteiger partial charge is 0.163 e. The first-order valence-electron chi connectivity index (χ1n) is 6.97. The van der Waals surface area contributed by atoms with Crippen molar-refractivity contribution in [2.75, 3.05) is 14.2 Å². The molecule has 0 aliphatic carbocycles. The average Bonchev–Trinajstić information content (AvgIpc) is 2.53. The average molecular weight is 300 g/mol. The first-order valence-corrected chi connectivity index (χ1v) is 6.97. The van der Waals surface area contributed by atoms with Crippen LogP contribution in [0.15, 0.2) is 42.5 Å². The number of ether oxygens (including phenoxy) is 2. The molecule has 0 bridgehead atoms. The predicted molar refractivity (Wildman–Crippen MR) is 84.7 cm³/mol. The van der Waals surface area contributed by atoms with Crippen molar-refractivity contribution in [1.82, 2.24) is 0 Å². The molecule has 2 rings (SSSR count). The zero-order chi connectivity index (χ0) is 16.3. The van der Waals surface area contributed by atoms with E-state index in [2.05, 4.69) is 0 Å². The van der Waals surface area contributed by atoms with Crippen LogP contribution < -0.4 is 9.47 Å². The Morgan fingerprint density at radius 2 is 1.68 bits per heavy atom. The number of rotatable bonds is 5. The number of Topliss-reactive ketones (excluding diaryl/α,β-unsaturated/α-hetero) is 1. The number of hydrogen-bond acceptors (Lipinski definition) is 4. The molecule has 2 aromatic rings. The van der Waals surface area contributed by atoms with Gasteiger partial charge >= 0.3 is 0 Å². The molecule has 0 radical (unpaired) electrons. The molecular weight excluding hydrogens is 280 g/mol. The number of hydrogen-bond donors (Lipinski definition) is 1. The summed E-state index contributed by atoms with van der Waals surface area (Å²) < 4.78 is 10.6. The van der Waals surface area contributed by atoms with E-state index in [4.69, 9.17) is 9.47 Å². The molecule has 2 aromatic carbocycles. The molecule has 0 heterocycles. The monoisotopic (exact) mass is 300 g/mol. The molecule has 4 heteroatoms. The zero-order valence-corrected chi connectivity index (χ0v) is 13.2. The van der Waals surface area contributed by atoms with Crippen molar-refractivity contribution < 1.29 is 19.4 Å². The lowest BCUT2D eigenvalue weighted by Crippen LogP contribution is -2.23. The van der Waals surface area contributed by atoms with Gasteiger partial charge in [-0.1, -0.05) is 24.3 Å². The molecule has 0 saturated heterocycles. The highest BCUT2D eigenvalue weighted by Gasteiger charge is 2.29. The van der Waals surface area contributed by atoms with E-state index in [1.165, 1.54) is 14.0 Å². The Balaban J connectivity index is 2.56. The molecule has 0 fully saturated rings. The Kier molecular flexibility index (Phi) is 4.52. The summed E-state index contributed by atoms with van der Waals surface area (Å²) in [4.78, 5) is 11.6. The zero-order valence-electron chi connectivity index (χ0n) is 13.2. The van der Waals surface area contributed by atoms with Crippen molar-refractivity contribution in [3.63, 3.8) is 0 Å². The summed E-state index contributed by atoms with van der Waals surface area (Å²) in [5.74, 6) is 0.961. The Morgan fingerprint density at radius 1 is 1.05 bits per heavy atom. The molecule has 0 aromatic heterocycles. The highest BCUT2D eigenvalue weighted by atomic mass is 16.5. The maximum Gasteiger partial charge on any atom is 0.163 e. The third-order valence-corrected chi connectivity index (χ3v) is 3.77. The number of aliphatic hydroxyl groups is 1. The number of carbonyl (C=O) groups excluding carboxylic acids is 1. The summed E-state index contributed by atoms with van der Waals surface area (Å²) in [7, 11) is 3.07. The molecule has 0 spiro atoms. The van der Waals surface area contributed by atoms with Crippen LogP contribution in [0.1, 0.15) is 35.3 Å². The second-order valence-electron chi connectivity index (χ2n) is 5.24. The Bertz CT molecular complexity index is 689. The maximum absolute atomic E-state index is 11.6. The van der Waals surface area contributed by atoms with Gasteiger partial charge in [-0.3, -0.25) is 4.79 Å². The molecule has 0 amide bonds. The van der Waals surface area contributed by atoms with Crippen LogP contribution in [0.2, 0.25) is 0 Å². The lowest BCUT2D eigenvalue weighted by Gasteiger charge is -2.27. The largest absolute Gasteiger partial charge is 0.496 e. The summed E-state index contributed by atoms with van der Waals surface area (Å²) in [6.45, 7) is 3.17. The fourth-order valence-corrected chi connectivity index (χ4v) is 2.49. The maximum atomic E-state index is 11.6. The van der Waals surface area contributed by atoms with Crippen LogP contribution in [-0.4, -0.2) is 25.1 Å². The molecule has 0 aliphatic rings. The molecule has 1 N–H and O–H groups in total. The molecule has 0 aliphatic heterocycles. The number of para-hydroxylation sites is 1. The number of methoxy groups -OCH3 is 2. The van der Waals surface area contributed by atoms with Crippen molar-refractivity contribution in [3.05, 3.63) is 59.2 Å². The third-order valence-electron chi connectivity index (χ3n) is 3.77. The van der Waals surface area contributed by atoms with Crippen molar-refractivity contribution in [2.24, 2.45) is 0 Å². The van der Waals surface area contributed by atoms with Gasteiger partial charge in [0.25, 0.3) is 0 Å². The van der Waals surface area contributed by atoms with Crippen LogP contribution >= 0.6 is 0 Å². The Hall–Kier alpha value is -2.33. The molecule has 116 valence electrons. The first kappa shape index (κ1) is 16.0. The lowest BCUT2D eigenvalue weighted by molar-refractivity contribution is 0.0975. The van der Waals surface area contributed by atoms with E-state index in [9.17, 15) is 9.90 Å². The summed E-state index contributed by atoms with van der Waals surface area (Å²) in [6.07, 6.45) is 0. The highest BCUT2D eigenvalue weighted by Crippen LogP contribution is 2.37. The van der Waals surface area contributed by atoms with Crippen LogP contribution in [0.3, 0.4) is 0 Å². The summed E-state index contributed by atoms with van der Waals surface area (Å²) in [5.41, 5.74) is 0.492. The van der Waals surface area contributed by atoms with Crippen molar-refractivity contribution in [3.8, 4) is 11.5 Å². The SMILES string of the molecule is COc1cc(C(C)(O)c2ccccc2OC)ccc1C(C)=O. The van der Waals surface area contributed by atoms with Gasteiger partial charge in [-0.15, -0.1) is 0 Å². The van der Waals surface area contributed by atoms with E-state index in [1.807, 2.05) is 18.2 Å². The van der Waals surface area contributed by atoms with Gasteiger partial charge < -0.3 is 14.6 Å². The summed E-state index contributed by atoms with van der Waals surface area (Å²) in [5, 5.41) is 11.0. The lowest BCUT2D eigenvalue weighted by atomic mass is 9.86. The van der Waals surface area contributed by atoms with Gasteiger partial charge in [0.15, 0.2) is 5.78 Å². The molecule has 4 nitrogen and oxygen atoms in total. The van der Waals surface area contributed by atoms with Gasteiger partial charge in [0.05, 0.1) is 19.8 Å². The molecule has 0 saturated carbocycles. The number of benzene rings is 2. The second kappa shape index (κ2) is 6.20. The minimum atomic E-state index is -1.27. The van der Waals surface area contributed by atoms with Crippen LogP contribution in [0, 0.1) is 0 Å². The van der Waals surface area contributed by atoms with Crippen LogP contribution in [0.25, 0.3) is 0 Å². The van der Waals surface area contributed by atoms with Gasteiger partial charge in [0.1, 0.15) is 17.1 Å². The van der Waals surface area contributed by atoms with Gasteiger partial charge in [0, 0.05) is 5.56 Å². The normalized spacial score (nSPS) is 13.3. The van der Waals surface area contributed by atoms with Gasteiger partial charge in [-0.2, -0.15) is 0 Å². The van der Waals surface area contributed by atoms with Crippen LogP contribution in [-0.2, 0) is 5.60 Å². The second-order valence-corrected chi connectivity index (χ2v) is 5.24. The molecular formula is C18H20O4. The van der Waals surface area contributed by atoms with E-state index >= 15 is 0 Å². The van der Waals surface area contributed by atoms with E-state index in [1.54, 1.807) is 38.3 Å². The topological polar surface area (TPSA) is 55.8 Å². The van der Waals surface area contributed by atoms with Crippen LogP contribution in [0.5, 0.6) is 11.5 Å². The Labute approximate surface area is 130 Å². The first-order chi connectivity index (χ1) is 10.4. The van der Waals surface area contributed by atoms with Gasteiger partial charge in [0.2, 0.25) is 0 Å². The fraction of sp³-hybridized carbons (Fsp3) is 0.278. The standard InChI is InChI=1S/C18H20O4/c1-12(19)14-10-9-13(11-17(14)22-4)18(2,20)15-7-5-6-8-16(15)21-3/h5-11,20H,1-4H3. The third kappa shape index (κ3) is 2.83. The van der Waals surface area contributed by atoms with Crippen LogP contribution in [0.4, 0.5) is 0 Å². The van der Waals surface area contributed by atoms with E-state index < -0.39 is 5.60 Å². The predicted octanol–water partition coefficient (Wildman–Crippen LogP) is 3.16. The van der Waals surface area contributed by atoms with Gasteiger partial charge in [-0.25, -0.2) is 0 Å². The minimum Gasteiger partial charge on any atom is -0.496 e. The fourth-order valence-electron chi connectivity index (χ4n) is 2.49. The molecule has 22 heavy (non-hydrogen) atoms. The van der Waals surface area contributed by atoms with Crippen molar-refractivity contribution >= 4 is 5.78 Å². The number of ketones is 1. The van der Waals surface area contributed by atoms with E-state index in [-0.39, 0.29) is 5.78 Å². The van der Waals surface area contributed by atoms with Crippen molar-refractivity contribution in [1.29, 1.82) is 0 Å². The van der Waals surface area contributed by atoms with E-state index in [0.717, 1.165) is 0 Å². The van der Waals surface area contributed by atoms with E-state index in [0.29, 0.717) is 28.2 Å². The highest BCUT2D eigenvalue weighted by molar-refractivity contribution is 5.96. The minimum absolute atomic E-state index is 0.0830. The summed E-state index contributed by atoms with van der Waals surface area (Å²) in [6, 6.07) is 12.4. The van der Waals surface area contributed by atoms with Gasteiger partial charge in [-0.05, 0) is 37.6 Å².